The Morgan fingerprint density at radius 2 is 1.54 bits per heavy atom. The van der Waals surface area contributed by atoms with Gasteiger partial charge in [-0.15, -0.1) is 0 Å². The number of nitro benzene ring substituents is 1. The van der Waals surface area contributed by atoms with E-state index < -0.39 is 33.4 Å². The zero-order valence-corrected chi connectivity index (χ0v) is 28.4. The molecule has 1 atom stereocenters. The highest BCUT2D eigenvalue weighted by molar-refractivity contribution is 7.92. The molecule has 11 nitrogen and oxygen atoms in total. The summed E-state index contributed by atoms with van der Waals surface area (Å²) in [5, 5.41) is 14.7. The number of nitro groups is 1. The molecule has 0 aliphatic heterocycles. The number of anilines is 1. The molecule has 12 heteroatoms. The lowest BCUT2D eigenvalue weighted by atomic mass is 10.0. The molecule has 0 unspecified atom stereocenters. The molecule has 48 heavy (non-hydrogen) atoms. The molecule has 0 saturated heterocycles. The molecule has 0 spiro atoms. The molecule has 0 aliphatic carbocycles. The highest BCUT2D eigenvalue weighted by Crippen LogP contribution is 2.30. The number of nitrogens with zero attached hydrogens (tertiary/aromatic N) is 3. The van der Waals surface area contributed by atoms with Gasteiger partial charge in [-0.25, -0.2) is 8.42 Å². The number of aryl methyl sites for hydroxylation is 2. The van der Waals surface area contributed by atoms with E-state index in [-0.39, 0.29) is 46.7 Å². The van der Waals surface area contributed by atoms with Crippen LogP contribution in [-0.4, -0.2) is 55.8 Å². The summed E-state index contributed by atoms with van der Waals surface area (Å²) in [6.07, 6.45) is 0.177. The molecule has 0 heterocycles. The number of methoxy groups -OCH3 is 1. The van der Waals surface area contributed by atoms with Crippen LogP contribution in [0.3, 0.4) is 0 Å². The summed E-state index contributed by atoms with van der Waals surface area (Å²) in [6, 6.07) is 25.2. The van der Waals surface area contributed by atoms with Crippen molar-refractivity contribution in [3.8, 4) is 5.75 Å². The fourth-order valence-electron chi connectivity index (χ4n) is 5.26. The van der Waals surface area contributed by atoms with Gasteiger partial charge < -0.3 is 15.0 Å². The van der Waals surface area contributed by atoms with Crippen molar-refractivity contribution in [3.05, 3.63) is 129 Å². The fourth-order valence-corrected chi connectivity index (χ4v) is 6.69. The molecule has 252 valence electrons. The third kappa shape index (κ3) is 8.56. The summed E-state index contributed by atoms with van der Waals surface area (Å²) in [4.78, 5) is 40.6. The summed E-state index contributed by atoms with van der Waals surface area (Å²) in [7, 11) is -3.07. The van der Waals surface area contributed by atoms with Gasteiger partial charge in [-0.1, -0.05) is 60.7 Å². The lowest BCUT2D eigenvalue weighted by Gasteiger charge is -2.34. The van der Waals surface area contributed by atoms with E-state index in [0.29, 0.717) is 5.75 Å². The van der Waals surface area contributed by atoms with Crippen molar-refractivity contribution in [1.82, 2.24) is 10.2 Å². The summed E-state index contributed by atoms with van der Waals surface area (Å²) >= 11 is 0. The first-order chi connectivity index (χ1) is 22.8. The van der Waals surface area contributed by atoms with E-state index in [1.54, 1.807) is 12.1 Å². The Hall–Kier alpha value is -5.23. The minimum atomic E-state index is -4.54. The average molecular weight is 673 g/mol. The number of benzene rings is 4. The maximum Gasteiger partial charge on any atom is 0.273 e. The molecule has 4 aromatic carbocycles. The van der Waals surface area contributed by atoms with Gasteiger partial charge in [0.1, 0.15) is 18.3 Å². The van der Waals surface area contributed by atoms with Gasteiger partial charge in [0.15, 0.2) is 0 Å². The number of carbonyl (C=O) groups excluding carboxylic acids is 2. The predicted octanol–water partition coefficient (Wildman–Crippen LogP) is 5.58. The van der Waals surface area contributed by atoms with Crippen LogP contribution in [0.15, 0.2) is 102 Å². The number of amides is 2. The third-order valence-electron chi connectivity index (χ3n) is 7.91. The largest absolute Gasteiger partial charge is 0.497 e. The van der Waals surface area contributed by atoms with Gasteiger partial charge >= 0.3 is 0 Å². The van der Waals surface area contributed by atoms with Gasteiger partial charge in [0.05, 0.1) is 22.6 Å². The SMILES string of the molecule is COc1ccc(N(CC(=O)N(Cc2ccccc2C)[C@@H](Cc2ccccc2)C(=O)NC(C)C)S(=O)(=O)c2ccc(C)c([N+](=O)[O-])c2)cc1. The van der Waals surface area contributed by atoms with Crippen molar-refractivity contribution >= 4 is 33.2 Å². The van der Waals surface area contributed by atoms with E-state index in [1.165, 1.54) is 43.2 Å². The van der Waals surface area contributed by atoms with Crippen LogP contribution >= 0.6 is 0 Å². The highest BCUT2D eigenvalue weighted by Gasteiger charge is 2.35. The number of ether oxygens (including phenoxy) is 1. The van der Waals surface area contributed by atoms with Gasteiger partial charge in [0.2, 0.25) is 11.8 Å². The van der Waals surface area contributed by atoms with Gasteiger partial charge in [0, 0.05) is 30.6 Å². The first-order valence-corrected chi connectivity index (χ1v) is 16.9. The molecule has 1 N–H and O–H groups in total. The smallest absolute Gasteiger partial charge is 0.273 e. The average Bonchev–Trinajstić information content (AvgIpc) is 3.06. The molecular formula is C36H40N4O7S. The van der Waals surface area contributed by atoms with E-state index in [0.717, 1.165) is 27.1 Å². The predicted molar refractivity (Wildman–Crippen MR) is 184 cm³/mol. The van der Waals surface area contributed by atoms with E-state index in [9.17, 15) is 28.1 Å². The Bertz CT molecular complexity index is 1860. The van der Waals surface area contributed by atoms with Crippen LogP contribution in [0.25, 0.3) is 0 Å². The van der Waals surface area contributed by atoms with Crippen LogP contribution in [-0.2, 0) is 32.6 Å². The molecule has 4 rings (SSSR count). The van der Waals surface area contributed by atoms with E-state index >= 15 is 0 Å². The second kappa shape index (κ2) is 15.6. The molecule has 0 aromatic heterocycles. The van der Waals surface area contributed by atoms with Crippen LogP contribution < -0.4 is 14.4 Å². The van der Waals surface area contributed by atoms with Crippen molar-refractivity contribution in [2.75, 3.05) is 18.0 Å². The standard InChI is InChI=1S/C36H40N4O7S/c1-25(2)37-36(42)34(21-28-12-7-6-8-13-28)38(23-29-14-10-9-11-26(29)3)35(41)24-39(30-16-18-31(47-5)19-17-30)48(45,46)32-20-15-27(4)33(22-32)40(43)44/h6-20,22,25,34H,21,23-24H2,1-5H3,(H,37,42)/t34-/m0/s1. The monoisotopic (exact) mass is 672 g/mol. The molecule has 0 saturated carbocycles. The van der Waals surface area contributed by atoms with Crippen molar-refractivity contribution in [3.63, 3.8) is 0 Å². The number of nitrogens with one attached hydrogen (secondary N) is 1. The Kier molecular flexibility index (Phi) is 11.6. The number of carbonyl (C=O) groups is 2. The van der Waals surface area contributed by atoms with Crippen molar-refractivity contribution < 1.29 is 27.7 Å². The molecule has 0 bridgehead atoms. The highest BCUT2D eigenvalue weighted by atomic mass is 32.2. The fraction of sp³-hybridized carbons (Fsp3) is 0.278. The van der Waals surface area contributed by atoms with Crippen LogP contribution in [0.5, 0.6) is 5.75 Å². The van der Waals surface area contributed by atoms with E-state index in [2.05, 4.69) is 5.32 Å². The quantitative estimate of drug-likeness (QED) is 0.136. The second-order valence-electron chi connectivity index (χ2n) is 11.7. The summed E-state index contributed by atoms with van der Waals surface area (Å²) in [6.45, 7) is 6.39. The van der Waals surface area contributed by atoms with Crippen molar-refractivity contribution in [2.24, 2.45) is 0 Å². The first-order valence-electron chi connectivity index (χ1n) is 15.4. The van der Waals surface area contributed by atoms with Gasteiger partial charge in [-0.05, 0) is 74.7 Å². The van der Waals surface area contributed by atoms with Crippen LogP contribution in [0.2, 0.25) is 0 Å². The topological polar surface area (TPSA) is 139 Å². The van der Waals surface area contributed by atoms with Crippen molar-refractivity contribution in [1.29, 1.82) is 0 Å². The molecule has 0 radical (unpaired) electrons. The molecular weight excluding hydrogens is 632 g/mol. The van der Waals surface area contributed by atoms with Gasteiger partial charge in [-0.2, -0.15) is 0 Å². The summed E-state index contributed by atoms with van der Waals surface area (Å²) in [5.41, 5.74) is 2.55. The number of hydrogen-bond acceptors (Lipinski definition) is 7. The second-order valence-corrected chi connectivity index (χ2v) is 13.6. The minimum absolute atomic E-state index is 0.0288. The Labute approximate surface area is 281 Å². The van der Waals surface area contributed by atoms with Crippen LogP contribution in [0.1, 0.15) is 36.1 Å². The van der Waals surface area contributed by atoms with Crippen molar-refractivity contribution in [2.45, 2.75) is 57.6 Å². The summed E-state index contributed by atoms with van der Waals surface area (Å²) in [5.74, 6) is -0.564. The first kappa shape index (κ1) is 35.6. The maximum absolute atomic E-state index is 14.6. The Balaban J connectivity index is 1.85. The van der Waals surface area contributed by atoms with Crippen LogP contribution in [0, 0.1) is 24.0 Å². The lowest BCUT2D eigenvalue weighted by Crippen LogP contribution is -2.54. The summed E-state index contributed by atoms with van der Waals surface area (Å²) < 4.78 is 34.8. The van der Waals surface area contributed by atoms with Gasteiger partial charge in [0.25, 0.3) is 15.7 Å². The lowest BCUT2D eigenvalue weighted by molar-refractivity contribution is -0.385. The minimum Gasteiger partial charge on any atom is -0.497 e. The molecule has 0 aliphatic rings. The van der Waals surface area contributed by atoms with E-state index in [4.69, 9.17) is 4.74 Å². The molecule has 4 aromatic rings. The Morgan fingerprint density at radius 1 is 0.896 bits per heavy atom. The Morgan fingerprint density at radius 3 is 2.15 bits per heavy atom. The number of sulfonamides is 1. The number of hydrogen-bond donors (Lipinski definition) is 1. The normalized spacial score (nSPS) is 11.9. The van der Waals surface area contributed by atoms with E-state index in [1.807, 2.05) is 75.4 Å². The third-order valence-corrected chi connectivity index (χ3v) is 9.68. The van der Waals surface area contributed by atoms with Crippen LogP contribution in [0.4, 0.5) is 11.4 Å². The zero-order valence-electron chi connectivity index (χ0n) is 27.6. The molecule has 0 fully saturated rings. The maximum atomic E-state index is 14.6. The number of rotatable bonds is 14. The molecule has 2 amide bonds. The van der Waals surface area contributed by atoms with Gasteiger partial charge in [-0.3, -0.25) is 24.0 Å². The zero-order chi connectivity index (χ0) is 35.0.